The highest BCUT2D eigenvalue weighted by Crippen LogP contribution is 2.15. The van der Waals surface area contributed by atoms with Crippen molar-refractivity contribution in [2.24, 2.45) is 11.7 Å². The SMILES string of the molecule is COc1cncc(C(=O)C(C)CCN)c1. The molecule has 0 radical (unpaired) electrons. The fraction of sp³-hybridized carbons (Fsp3) is 0.455. The molecule has 1 aromatic heterocycles. The molecule has 0 spiro atoms. The van der Waals surface area contributed by atoms with Crippen molar-refractivity contribution in [2.75, 3.05) is 13.7 Å². The second-order valence-corrected chi connectivity index (χ2v) is 3.46. The Kier molecular flexibility index (Phi) is 4.24. The monoisotopic (exact) mass is 208 g/mol. The predicted octanol–water partition coefficient (Wildman–Crippen LogP) is 1.26. The zero-order valence-corrected chi connectivity index (χ0v) is 9.06. The lowest BCUT2D eigenvalue weighted by atomic mass is 9.97. The molecule has 0 bridgehead atoms. The molecule has 0 saturated carbocycles. The van der Waals surface area contributed by atoms with Crippen molar-refractivity contribution in [3.05, 3.63) is 24.0 Å². The smallest absolute Gasteiger partial charge is 0.167 e. The molecule has 0 amide bonds. The first-order valence-corrected chi connectivity index (χ1v) is 4.92. The van der Waals surface area contributed by atoms with E-state index in [1.807, 2.05) is 6.92 Å². The molecule has 4 nitrogen and oxygen atoms in total. The van der Waals surface area contributed by atoms with E-state index in [1.165, 1.54) is 0 Å². The van der Waals surface area contributed by atoms with Crippen molar-refractivity contribution in [1.82, 2.24) is 4.98 Å². The number of aromatic nitrogens is 1. The van der Waals surface area contributed by atoms with Crippen LogP contribution in [0, 0.1) is 5.92 Å². The van der Waals surface area contributed by atoms with Gasteiger partial charge in [0.2, 0.25) is 0 Å². The number of ketones is 1. The van der Waals surface area contributed by atoms with Crippen LogP contribution in [0.2, 0.25) is 0 Å². The number of nitrogens with two attached hydrogens (primary N) is 1. The Morgan fingerprint density at radius 1 is 1.60 bits per heavy atom. The highest BCUT2D eigenvalue weighted by molar-refractivity contribution is 5.97. The lowest BCUT2D eigenvalue weighted by Crippen LogP contribution is -2.15. The number of nitrogens with zero attached hydrogens (tertiary/aromatic N) is 1. The zero-order valence-electron chi connectivity index (χ0n) is 9.06. The predicted molar refractivity (Wildman–Crippen MR) is 58.0 cm³/mol. The normalized spacial score (nSPS) is 12.2. The molecule has 1 rings (SSSR count). The van der Waals surface area contributed by atoms with Gasteiger partial charge in [-0.15, -0.1) is 0 Å². The van der Waals surface area contributed by atoms with Crippen LogP contribution in [-0.2, 0) is 0 Å². The standard InChI is InChI=1S/C11H16N2O2/c1-8(3-4-12)11(14)9-5-10(15-2)7-13-6-9/h5-8H,3-4,12H2,1-2H3. The summed E-state index contributed by atoms with van der Waals surface area (Å²) in [6, 6.07) is 1.70. The molecule has 82 valence electrons. The van der Waals surface area contributed by atoms with E-state index in [0.717, 1.165) is 0 Å². The summed E-state index contributed by atoms with van der Waals surface area (Å²) in [5.41, 5.74) is 5.99. The third-order valence-corrected chi connectivity index (χ3v) is 2.28. The molecule has 1 aromatic rings. The molecule has 1 heterocycles. The molecule has 0 aliphatic heterocycles. The van der Waals surface area contributed by atoms with Gasteiger partial charge >= 0.3 is 0 Å². The van der Waals surface area contributed by atoms with Gasteiger partial charge in [0.25, 0.3) is 0 Å². The lowest BCUT2D eigenvalue weighted by Gasteiger charge is -2.09. The number of methoxy groups -OCH3 is 1. The Balaban J connectivity index is 2.81. The summed E-state index contributed by atoms with van der Waals surface area (Å²) in [5, 5.41) is 0. The maximum atomic E-state index is 11.9. The first-order chi connectivity index (χ1) is 7.19. The number of ether oxygens (including phenoxy) is 1. The topological polar surface area (TPSA) is 65.2 Å². The third kappa shape index (κ3) is 3.02. The maximum Gasteiger partial charge on any atom is 0.167 e. The van der Waals surface area contributed by atoms with Crippen molar-refractivity contribution in [1.29, 1.82) is 0 Å². The molecule has 15 heavy (non-hydrogen) atoms. The van der Waals surface area contributed by atoms with Crippen molar-refractivity contribution >= 4 is 5.78 Å². The van der Waals surface area contributed by atoms with Crippen molar-refractivity contribution in [3.8, 4) is 5.75 Å². The summed E-state index contributed by atoms with van der Waals surface area (Å²) in [6.45, 7) is 2.39. The van der Waals surface area contributed by atoms with Gasteiger partial charge in [-0.2, -0.15) is 0 Å². The second kappa shape index (κ2) is 5.46. The van der Waals surface area contributed by atoms with Gasteiger partial charge in [-0.25, -0.2) is 0 Å². The van der Waals surface area contributed by atoms with Crippen LogP contribution in [0.25, 0.3) is 0 Å². The van der Waals surface area contributed by atoms with Gasteiger partial charge < -0.3 is 10.5 Å². The molecule has 1 atom stereocenters. The summed E-state index contributed by atoms with van der Waals surface area (Å²) in [4.78, 5) is 15.8. The van der Waals surface area contributed by atoms with E-state index in [4.69, 9.17) is 10.5 Å². The largest absolute Gasteiger partial charge is 0.495 e. The molecule has 0 aliphatic rings. The van der Waals surface area contributed by atoms with E-state index < -0.39 is 0 Å². The second-order valence-electron chi connectivity index (χ2n) is 3.46. The number of hydrogen-bond acceptors (Lipinski definition) is 4. The maximum absolute atomic E-state index is 11.9. The molecule has 1 unspecified atom stereocenters. The van der Waals surface area contributed by atoms with Crippen molar-refractivity contribution in [3.63, 3.8) is 0 Å². The minimum atomic E-state index is -0.0658. The first kappa shape index (κ1) is 11.7. The van der Waals surface area contributed by atoms with Crippen LogP contribution in [-0.4, -0.2) is 24.4 Å². The molecule has 4 heteroatoms. The number of hydrogen-bond donors (Lipinski definition) is 1. The molecule has 0 fully saturated rings. The van der Waals surface area contributed by atoms with Gasteiger partial charge in [0.1, 0.15) is 5.75 Å². The Bertz CT molecular complexity index is 339. The van der Waals surface area contributed by atoms with Crippen LogP contribution in [0.3, 0.4) is 0 Å². The van der Waals surface area contributed by atoms with E-state index in [0.29, 0.717) is 24.3 Å². The van der Waals surface area contributed by atoms with Crippen molar-refractivity contribution in [2.45, 2.75) is 13.3 Å². The van der Waals surface area contributed by atoms with Crippen LogP contribution in [0.1, 0.15) is 23.7 Å². The average molecular weight is 208 g/mol. The zero-order chi connectivity index (χ0) is 11.3. The number of Topliss-reactive ketones (excluding diaryl/α,β-unsaturated/α-hetero) is 1. The van der Waals surface area contributed by atoms with Gasteiger partial charge in [0.05, 0.1) is 13.3 Å². The van der Waals surface area contributed by atoms with E-state index in [1.54, 1.807) is 25.6 Å². The summed E-state index contributed by atoms with van der Waals surface area (Å²) in [7, 11) is 1.55. The number of rotatable bonds is 5. The van der Waals surface area contributed by atoms with E-state index in [2.05, 4.69) is 4.98 Å². The summed E-state index contributed by atoms with van der Waals surface area (Å²) >= 11 is 0. The van der Waals surface area contributed by atoms with Crippen LogP contribution in [0.4, 0.5) is 0 Å². The molecular weight excluding hydrogens is 192 g/mol. The number of carbonyl (C=O) groups is 1. The Morgan fingerprint density at radius 3 is 2.93 bits per heavy atom. The summed E-state index contributed by atoms with van der Waals surface area (Å²) in [6.07, 6.45) is 3.82. The first-order valence-electron chi connectivity index (χ1n) is 4.92. The minimum absolute atomic E-state index is 0.0619. The Morgan fingerprint density at radius 2 is 2.33 bits per heavy atom. The van der Waals surface area contributed by atoms with Crippen LogP contribution in [0.5, 0.6) is 5.75 Å². The number of carbonyl (C=O) groups excluding carboxylic acids is 1. The van der Waals surface area contributed by atoms with Crippen molar-refractivity contribution < 1.29 is 9.53 Å². The fourth-order valence-electron chi connectivity index (χ4n) is 1.33. The van der Waals surface area contributed by atoms with E-state index in [-0.39, 0.29) is 11.7 Å². The van der Waals surface area contributed by atoms with Gasteiger partial charge in [-0.1, -0.05) is 6.92 Å². The third-order valence-electron chi connectivity index (χ3n) is 2.28. The van der Waals surface area contributed by atoms with Crippen LogP contribution < -0.4 is 10.5 Å². The molecule has 0 aromatic carbocycles. The quantitative estimate of drug-likeness (QED) is 0.740. The Labute approximate surface area is 89.5 Å². The highest BCUT2D eigenvalue weighted by Gasteiger charge is 2.15. The Hall–Kier alpha value is -1.42. The lowest BCUT2D eigenvalue weighted by molar-refractivity contribution is 0.0925. The van der Waals surface area contributed by atoms with Gasteiger partial charge in [-0.3, -0.25) is 9.78 Å². The molecule has 0 aliphatic carbocycles. The molecule has 0 saturated heterocycles. The summed E-state index contributed by atoms with van der Waals surface area (Å²) < 4.78 is 5.01. The van der Waals surface area contributed by atoms with Gasteiger partial charge in [0.15, 0.2) is 5.78 Å². The fourth-order valence-corrected chi connectivity index (χ4v) is 1.33. The number of pyridine rings is 1. The van der Waals surface area contributed by atoms with E-state index in [9.17, 15) is 4.79 Å². The average Bonchev–Trinajstić information content (AvgIpc) is 2.28. The molecule has 2 N–H and O–H groups in total. The molecular formula is C11H16N2O2. The van der Waals surface area contributed by atoms with E-state index >= 15 is 0 Å². The highest BCUT2D eigenvalue weighted by atomic mass is 16.5. The van der Waals surface area contributed by atoms with Gasteiger partial charge in [0, 0.05) is 17.7 Å². The minimum Gasteiger partial charge on any atom is -0.495 e. The van der Waals surface area contributed by atoms with Crippen LogP contribution in [0.15, 0.2) is 18.5 Å². The summed E-state index contributed by atoms with van der Waals surface area (Å²) in [5.74, 6) is 0.594. The van der Waals surface area contributed by atoms with Gasteiger partial charge in [-0.05, 0) is 19.0 Å². The van der Waals surface area contributed by atoms with Crippen LogP contribution >= 0.6 is 0 Å².